The summed E-state index contributed by atoms with van der Waals surface area (Å²) in [6.45, 7) is 9.32. The molecule has 2 saturated heterocycles. The Morgan fingerprint density at radius 2 is 1.62 bits per heavy atom. The average Bonchev–Trinajstić information content (AvgIpc) is 3.48. The quantitative estimate of drug-likeness (QED) is 0.524. The number of carboxylic acids is 2. The molecule has 0 bridgehead atoms. The Morgan fingerprint density at radius 3 is 2.11 bits per heavy atom. The van der Waals surface area contributed by atoms with Crippen molar-refractivity contribution in [2.75, 3.05) is 32.8 Å². The molecule has 4 rings (SSSR count). The van der Waals surface area contributed by atoms with Gasteiger partial charge in [-0.3, -0.25) is 9.80 Å². The number of thiazole rings is 1. The average molecular weight is 578 g/mol. The lowest BCUT2D eigenvalue weighted by atomic mass is 10.1. The monoisotopic (exact) mass is 577 g/mol. The van der Waals surface area contributed by atoms with Crippen LogP contribution >= 0.6 is 22.7 Å². The van der Waals surface area contributed by atoms with E-state index in [1.54, 1.807) is 11.3 Å². The first kappa shape index (κ1) is 31.0. The van der Waals surface area contributed by atoms with Crippen LogP contribution in [0.3, 0.4) is 0 Å². The van der Waals surface area contributed by atoms with Crippen LogP contribution in [0.15, 0.2) is 22.9 Å². The molecule has 2 fully saturated rings. The van der Waals surface area contributed by atoms with Crippen LogP contribution in [0, 0.1) is 12.8 Å². The molecule has 0 aliphatic carbocycles. The van der Waals surface area contributed by atoms with E-state index in [2.05, 4.69) is 44.6 Å². The van der Waals surface area contributed by atoms with Gasteiger partial charge in [-0.1, -0.05) is 6.07 Å². The molecular weight excluding hydrogens is 552 g/mol. The van der Waals surface area contributed by atoms with E-state index in [1.807, 2.05) is 11.3 Å². The number of halogens is 6. The van der Waals surface area contributed by atoms with Crippen LogP contribution in [0.1, 0.15) is 15.6 Å². The third kappa shape index (κ3) is 10.9. The fraction of sp³-hybridized carbons (Fsp3) is 0.571. The summed E-state index contributed by atoms with van der Waals surface area (Å²) < 4.78 is 69.6. The van der Waals surface area contributed by atoms with Gasteiger partial charge in [0.05, 0.1) is 23.4 Å². The van der Waals surface area contributed by atoms with E-state index >= 15 is 0 Å². The first-order chi connectivity index (χ1) is 17.1. The molecule has 2 N–H and O–H groups in total. The molecule has 2 aliphatic heterocycles. The minimum absolute atomic E-state index is 0.400. The molecule has 8 nitrogen and oxygen atoms in total. The number of likely N-dealkylation sites (tertiary alicyclic amines) is 1. The Bertz CT molecular complexity index is 976. The minimum Gasteiger partial charge on any atom is -0.475 e. The molecule has 4 heterocycles. The normalized spacial score (nSPS) is 20.6. The van der Waals surface area contributed by atoms with Crippen molar-refractivity contribution in [1.29, 1.82) is 0 Å². The molecule has 0 spiro atoms. The van der Waals surface area contributed by atoms with E-state index in [1.165, 1.54) is 10.6 Å². The Labute approximate surface area is 216 Å². The van der Waals surface area contributed by atoms with Crippen LogP contribution in [0.5, 0.6) is 0 Å². The molecule has 0 radical (unpaired) electrons. The molecule has 0 aromatic carbocycles. The summed E-state index contributed by atoms with van der Waals surface area (Å²) in [4.78, 5) is 28.9. The summed E-state index contributed by atoms with van der Waals surface area (Å²) in [7, 11) is 0. The number of hydrogen-bond donors (Lipinski definition) is 2. The molecule has 0 unspecified atom stereocenters. The van der Waals surface area contributed by atoms with Crippen LogP contribution < -0.4 is 0 Å². The number of nitrogens with zero attached hydrogens (tertiary/aromatic N) is 3. The van der Waals surface area contributed by atoms with E-state index in [9.17, 15) is 26.3 Å². The molecule has 2 aromatic rings. The second-order valence-corrected chi connectivity index (χ2v) is 10.2. The number of rotatable bonds is 4. The molecule has 208 valence electrons. The van der Waals surface area contributed by atoms with Gasteiger partial charge < -0.3 is 14.9 Å². The van der Waals surface area contributed by atoms with Gasteiger partial charge in [-0.15, -0.1) is 22.7 Å². The fourth-order valence-electron chi connectivity index (χ4n) is 3.65. The maximum Gasteiger partial charge on any atom is 0.490 e. The van der Waals surface area contributed by atoms with Gasteiger partial charge in [0.1, 0.15) is 0 Å². The lowest BCUT2D eigenvalue weighted by Gasteiger charge is -2.22. The lowest BCUT2D eigenvalue weighted by molar-refractivity contribution is -0.193. The first-order valence-electron chi connectivity index (χ1n) is 10.7. The maximum atomic E-state index is 10.6. The van der Waals surface area contributed by atoms with Gasteiger partial charge in [0.25, 0.3) is 0 Å². The third-order valence-corrected chi connectivity index (χ3v) is 6.87. The molecule has 37 heavy (non-hydrogen) atoms. The number of aromatic nitrogens is 1. The second-order valence-electron chi connectivity index (χ2n) is 8.14. The van der Waals surface area contributed by atoms with Crippen molar-refractivity contribution in [3.8, 4) is 0 Å². The summed E-state index contributed by atoms with van der Waals surface area (Å²) in [5, 5.41) is 19.8. The molecule has 0 saturated carbocycles. The Morgan fingerprint density at radius 1 is 1.03 bits per heavy atom. The van der Waals surface area contributed by atoms with Crippen molar-refractivity contribution in [1.82, 2.24) is 14.8 Å². The molecule has 2 aliphatic rings. The van der Waals surface area contributed by atoms with Gasteiger partial charge in [-0.05, 0) is 18.4 Å². The van der Waals surface area contributed by atoms with Crippen LogP contribution in [0.2, 0.25) is 0 Å². The summed E-state index contributed by atoms with van der Waals surface area (Å²) in [6, 6.07) is 4.37. The predicted molar refractivity (Wildman–Crippen MR) is 122 cm³/mol. The number of carboxylic acid groups (broad SMARTS) is 2. The smallest absolute Gasteiger partial charge is 0.475 e. The number of thiophene rings is 1. The van der Waals surface area contributed by atoms with Crippen molar-refractivity contribution < 1.29 is 50.9 Å². The maximum absolute atomic E-state index is 10.6. The van der Waals surface area contributed by atoms with Crippen molar-refractivity contribution in [2.45, 2.75) is 38.5 Å². The largest absolute Gasteiger partial charge is 0.490 e. The second kappa shape index (κ2) is 13.5. The van der Waals surface area contributed by atoms with Crippen LogP contribution in [0.4, 0.5) is 26.3 Å². The number of alkyl halides is 6. The molecule has 16 heteroatoms. The van der Waals surface area contributed by atoms with Gasteiger partial charge in [-0.25, -0.2) is 14.6 Å². The summed E-state index contributed by atoms with van der Waals surface area (Å²) in [5.74, 6) is -4.89. The van der Waals surface area contributed by atoms with E-state index in [0.29, 0.717) is 12.0 Å². The highest BCUT2D eigenvalue weighted by Gasteiger charge is 2.39. The first-order valence-corrected chi connectivity index (χ1v) is 12.5. The lowest BCUT2D eigenvalue weighted by Crippen LogP contribution is -2.32. The van der Waals surface area contributed by atoms with Gasteiger partial charge in [0, 0.05) is 55.4 Å². The number of fused-ring (bicyclic) bond motifs is 1. The van der Waals surface area contributed by atoms with Gasteiger partial charge in [0.2, 0.25) is 0 Å². The van der Waals surface area contributed by atoms with Gasteiger partial charge in [-0.2, -0.15) is 26.3 Å². The fourth-order valence-corrected chi connectivity index (χ4v) is 5.00. The van der Waals surface area contributed by atoms with Crippen LogP contribution in [-0.2, 0) is 27.4 Å². The van der Waals surface area contributed by atoms with Crippen molar-refractivity contribution >= 4 is 34.6 Å². The van der Waals surface area contributed by atoms with Gasteiger partial charge in [0.15, 0.2) is 0 Å². The van der Waals surface area contributed by atoms with Crippen molar-refractivity contribution in [3.05, 3.63) is 38.5 Å². The Balaban J connectivity index is 0.000000286. The number of hydrogen-bond acceptors (Lipinski definition) is 8. The number of ether oxygens (including phenoxy) is 1. The molecule has 2 atom stereocenters. The van der Waals surface area contributed by atoms with E-state index in [0.717, 1.165) is 50.9 Å². The van der Waals surface area contributed by atoms with E-state index in [4.69, 9.17) is 24.5 Å². The topological polar surface area (TPSA) is 103 Å². The summed E-state index contributed by atoms with van der Waals surface area (Å²) >= 11 is 3.60. The van der Waals surface area contributed by atoms with Gasteiger partial charge >= 0.3 is 24.3 Å². The van der Waals surface area contributed by atoms with E-state index < -0.39 is 24.3 Å². The zero-order valence-electron chi connectivity index (χ0n) is 19.5. The summed E-state index contributed by atoms with van der Waals surface area (Å²) in [5.41, 5.74) is 1.21. The summed E-state index contributed by atoms with van der Waals surface area (Å²) in [6.07, 6.45) is -9.77. The third-order valence-electron chi connectivity index (χ3n) is 5.19. The predicted octanol–water partition coefficient (Wildman–Crippen LogP) is 4.11. The standard InChI is InChI=1S/C17H23N3OS2.2C2HF3O2/c1-13-18-15(12-23-13)9-19-4-5-21-17-11-20(8-14(17)7-19)10-16-3-2-6-22-16;2*3-2(4,5)1(6)7/h2-3,6,12,14,17H,4-5,7-11H2,1H3;2*(H,6,7)/t14-,17+;;/m0../s1. The molecular formula is C21H25F6N3O5S2. The number of carbonyl (C=O) groups is 2. The Hall–Kier alpha value is -2.27. The zero-order valence-corrected chi connectivity index (χ0v) is 21.1. The SMILES string of the molecule is Cc1nc(CN2CCO[C@@H]3CN(Cc4cccs4)C[C@@H]3C2)cs1.O=C(O)C(F)(F)F.O=C(O)C(F)(F)F. The van der Waals surface area contributed by atoms with Crippen LogP contribution in [-0.4, -0.2) is 88.2 Å². The highest BCUT2D eigenvalue weighted by molar-refractivity contribution is 7.10. The molecule has 0 amide bonds. The minimum atomic E-state index is -5.08. The van der Waals surface area contributed by atoms with Crippen LogP contribution in [0.25, 0.3) is 0 Å². The van der Waals surface area contributed by atoms with E-state index in [-0.39, 0.29) is 0 Å². The highest BCUT2D eigenvalue weighted by Crippen LogP contribution is 2.26. The highest BCUT2D eigenvalue weighted by atomic mass is 32.1. The van der Waals surface area contributed by atoms with Crippen molar-refractivity contribution in [2.24, 2.45) is 5.92 Å². The molecule has 2 aromatic heterocycles. The number of aryl methyl sites for hydroxylation is 1. The Kier molecular flexibility index (Phi) is 11.3. The zero-order chi connectivity index (χ0) is 27.8. The number of aliphatic carboxylic acids is 2. The van der Waals surface area contributed by atoms with Crippen molar-refractivity contribution in [3.63, 3.8) is 0 Å².